The molecule has 0 aromatic rings. The molecule has 0 aromatic carbocycles. The van der Waals surface area contributed by atoms with Crippen molar-refractivity contribution in [1.82, 2.24) is 5.32 Å². The van der Waals surface area contributed by atoms with Crippen molar-refractivity contribution in [2.24, 2.45) is 0 Å². The maximum Gasteiger partial charge on any atom is 0.306 e. The molecule has 0 spiro atoms. The monoisotopic (exact) mass is 1250 g/mol. The lowest BCUT2D eigenvalue weighted by atomic mass is 9.99. The molecule has 1 fully saturated rings. The quantitative estimate of drug-likeness (QED) is 0.0195. The van der Waals surface area contributed by atoms with Crippen molar-refractivity contribution < 1.29 is 49.3 Å². The van der Waals surface area contributed by atoms with Gasteiger partial charge in [-0.15, -0.1) is 0 Å². The van der Waals surface area contributed by atoms with Gasteiger partial charge < -0.3 is 45.1 Å². The minimum Gasteiger partial charge on any atom is -0.454 e. The van der Waals surface area contributed by atoms with Gasteiger partial charge in [-0.2, -0.15) is 0 Å². The summed E-state index contributed by atoms with van der Waals surface area (Å²) in [6, 6.07) is -1.03. The Morgan fingerprint density at radius 1 is 0.449 bits per heavy atom. The van der Waals surface area contributed by atoms with Gasteiger partial charge in [0, 0.05) is 6.42 Å². The second-order valence-electron chi connectivity index (χ2n) is 25.3. The van der Waals surface area contributed by atoms with Crippen LogP contribution in [0.5, 0.6) is 0 Å². The Labute approximate surface area is 546 Å². The molecule has 11 nitrogen and oxygen atoms in total. The van der Waals surface area contributed by atoms with Crippen molar-refractivity contribution >= 4 is 11.9 Å². The van der Waals surface area contributed by atoms with E-state index in [1.807, 2.05) is 6.08 Å². The molecule has 1 aliphatic heterocycles. The van der Waals surface area contributed by atoms with Gasteiger partial charge in [-0.05, 0) is 103 Å². The van der Waals surface area contributed by atoms with Crippen molar-refractivity contribution in [1.29, 1.82) is 0 Å². The first-order chi connectivity index (χ1) is 43.7. The number of unbranched alkanes of at least 4 members (excludes halogenated alkanes) is 35. The highest BCUT2D eigenvalue weighted by atomic mass is 16.7. The molecule has 6 N–H and O–H groups in total. The van der Waals surface area contributed by atoms with Crippen LogP contribution in [0.3, 0.4) is 0 Å². The summed E-state index contributed by atoms with van der Waals surface area (Å²) in [5, 5.41) is 57.4. The highest BCUT2D eigenvalue weighted by molar-refractivity contribution is 5.80. The molecule has 0 aliphatic carbocycles. The van der Waals surface area contributed by atoms with Crippen LogP contribution in [0, 0.1) is 0 Å². The summed E-state index contributed by atoms with van der Waals surface area (Å²) >= 11 is 0. The highest BCUT2D eigenvalue weighted by Gasteiger charge is 2.47. The number of allylic oxidation sites excluding steroid dienone is 15. The molecule has 89 heavy (non-hydrogen) atoms. The number of rotatable bonds is 63. The van der Waals surface area contributed by atoms with Crippen LogP contribution >= 0.6 is 0 Å². The number of ether oxygens (including phenoxy) is 3. The molecular formula is C78H137NO10. The normalized spacial score (nSPS) is 18.7. The molecule has 1 rings (SSSR count). The minimum absolute atomic E-state index is 0.120. The van der Waals surface area contributed by atoms with Gasteiger partial charge in [-0.3, -0.25) is 9.59 Å². The van der Waals surface area contributed by atoms with Crippen LogP contribution in [0.25, 0.3) is 0 Å². The van der Waals surface area contributed by atoms with Crippen molar-refractivity contribution in [3.63, 3.8) is 0 Å². The summed E-state index contributed by atoms with van der Waals surface area (Å²) in [6.45, 7) is 5.69. The molecule has 0 aromatic heterocycles. The van der Waals surface area contributed by atoms with Gasteiger partial charge in [-0.1, -0.05) is 311 Å². The van der Waals surface area contributed by atoms with Crippen LogP contribution in [0.1, 0.15) is 323 Å². The van der Waals surface area contributed by atoms with E-state index in [1.165, 1.54) is 173 Å². The molecule has 11 heteroatoms. The van der Waals surface area contributed by atoms with E-state index in [2.05, 4.69) is 111 Å². The third-order valence-corrected chi connectivity index (χ3v) is 17.0. The van der Waals surface area contributed by atoms with Crippen LogP contribution in [-0.2, 0) is 23.8 Å². The Hall–Kier alpha value is -3.42. The Balaban J connectivity index is 2.58. The van der Waals surface area contributed by atoms with E-state index < -0.39 is 67.4 Å². The topological polar surface area (TPSA) is 175 Å². The van der Waals surface area contributed by atoms with Gasteiger partial charge in [0.15, 0.2) is 12.4 Å². The molecule has 1 saturated heterocycles. The van der Waals surface area contributed by atoms with E-state index in [0.29, 0.717) is 12.8 Å². The highest BCUT2D eigenvalue weighted by Crippen LogP contribution is 2.26. The summed E-state index contributed by atoms with van der Waals surface area (Å²) in [7, 11) is 0. The van der Waals surface area contributed by atoms with Crippen molar-refractivity contribution in [3.8, 4) is 0 Å². The molecule has 0 bridgehead atoms. The number of nitrogens with one attached hydrogen (secondary N) is 1. The zero-order chi connectivity index (χ0) is 64.6. The van der Waals surface area contributed by atoms with Gasteiger partial charge in [-0.25, -0.2) is 0 Å². The van der Waals surface area contributed by atoms with Gasteiger partial charge in [0.25, 0.3) is 0 Å². The minimum atomic E-state index is -1.62. The Morgan fingerprint density at radius 3 is 1.24 bits per heavy atom. The van der Waals surface area contributed by atoms with Crippen LogP contribution in [0.15, 0.2) is 97.2 Å². The molecule has 0 radical (unpaired) electrons. The lowest BCUT2D eigenvalue weighted by molar-refractivity contribution is -0.305. The van der Waals surface area contributed by atoms with Crippen LogP contribution in [-0.4, -0.2) is 99.6 Å². The maximum atomic E-state index is 13.5. The summed E-state index contributed by atoms with van der Waals surface area (Å²) < 4.78 is 17.7. The number of amides is 1. The third-order valence-electron chi connectivity index (χ3n) is 17.0. The molecule has 0 saturated carbocycles. The maximum absolute atomic E-state index is 13.5. The molecule has 514 valence electrons. The number of aliphatic hydroxyl groups excluding tert-OH is 5. The summed E-state index contributed by atoms with van der Waals surface area (Å²) in [5.41, 5.74) is 0. The van der Waals surface area contributed by atoms with Crippen molar-refractivity contribution in [2.45, 2.75) is 372 Å². The smallest absolute Gasteiger partial charge is 0.306 e. The molecule has 1 aliphatic rings. The zero-order valence-corrected chi connectivity index (χ0v) is 57.3. The van der Waals surface area contributed by atoms with E-state index in [0.717, 1.165) is 103 Å². The predicted molar refractivity (Wildman–Crippen MR) is 375 cm³/mol. The summed E-state index contributed by atoms with van der Waals surface area (Å²) in [5.74, 6) is -1.20. The first-order valence-electron chi connectivity index (χ1n) is 37.0. The van der Waals surface area contributed by atoms with Gasteiger partial charge >= 0.3 is 5.97 Å². The molecule has 8 atom stereocenters. The average molecular weight is 1250 g/mol. The summed E-state index contributed by atoms with van der Waals surface area (Å²) in [4.78, 5) is 26.7. The fourth-order valence-electron chi connectivity index (χ4n) is 11.2. The number of hydrogen-bond acceptors (Lipinski definition) is 10. The van der Waals surface area contributed by atoms with Crippen molar-refractivity contribution in [3.05, 3.63) is 97.2 Å². The number of aliphatic hydroxyl groups is 5. The fourth-order valence-corrected chi connectivity index (χ4v) is 11.2. The van der Waals surface area contributed by atoms with Crippen LogP contribution < -0.4 is 5.32 Å². The molecular weight excluding hydrogens is 1110 g/mol. The van der Waals surface area contributed by atoms with E-state index >= 15 is 0 Å². The van der Waals surface area contributed by atoms with Crippen LogP contribution in [0.2, 0.25) is 0 Å². The lowest BCUT2D eigenvalue weighted by Gasteiger charge is -2.41. The Kier molecular flexibility index (Phi) is 60.7. The second kappa shape index (κ2) is 64.7. The first-order valence-corrected chi connectivity index (χ1v) is 37.0. The largest absolute Gasteiger partial charge is 0.454 e. The van der Waals surface area contributed by atoms with Crippen molar-refractivity contribution in [2.75, 3.05) is 13.2 Å². The fraction of sp³-hybridized carbons (Fsp3) is 0.769. The van der Waals surface area contributed by atoms with E-state index in [1.54, 1.807) is 6.08 Å². The zero-order valence-electron chi connectivity index (χ0n) is 57.3. The standard InChI is InChI=1S/C78H137NO10/c1-4-7-10-13-16-19-22-25-27-29-31-33-35-37-38-40-42-44-47-50-53-56-59-62-65-71(82)77(86)79-69(70(81)64-61-58-55-52-49-46-24-21-18-15-12-9-6-3)68-87-78-76(75(85)74(84)72(67-80)88-78)89-73(83)66-63-60-57-54-51-48-45-43-41-39-36-34-32-30-28-26-23-20-17-14-11-8-5-2/h7,10,16-17,19-20,25-28,31,33,37-38,61,64,69-72,74-76,78,80-82,84-85H,4-6,8-9,11-15,18,21-24,29-30,32,34-36,39-60,62-63,65-68H2,1-3H3,(H,79,86)/b10-7-,19-16-,20-17-,27-25-,28-26-,33-31-,38-37-,64-61+. The van der Waals surface area contributed by atoms with Gasteiger partial charge in [0.05, 0.1) is 25.4 Å². The second-order valence-corrected chi connectivity index (χ2v) is 25.3. The number of carbonyl (C=O) groups is 2. The molecule has 1 amide bonds. The SMILES string of the molecule is CC/C=C\C/C=C\C/C=C\C/C=C\C/C=C\CCCCCCCCCCC(O)C(=O)NC(COC1OC(CO)C(O)C(O)C1OC(=O)CCCCCCCCCCCCCCC/C=C\C/C=C\CCCCC)C(O)/C=C/CCCCCCCCCCCCC. The number of carbonyl (C=O) groups excluding carboxylic acids is 2. The van der Waals surface area contributed by atoms with Gasteiger partial charge in [0.2, 0.25) is 5.91 Å². The number of hydrogen-bond donors (Lipinski definition) is 6. The molecule has 8 unspecified atom stereocenters. The first kappa shape index (κ1) is 83.6. The Morgan fingerprint density at radius 2 is 0.809 bits per heavy atom. The van der Waals surface area contributed by atoms with Gasteiger partial charge in [0.1, 0.15) is 24.4 Å². The lowest BCUT2D eigenvalue weighted by Crippen LogP contribution is -2.61. The number of esters is 1. The van der Waals surface area contributed by atoms with E-state index in [-0.39, 0.29) is 19.4 Å². The van der Waals surface area contributed by atoms with Crippen LogP contribution in [0.4, 0.5) is 0 Å². The average Bonchev–Trinajstić information content (AvgIpc) is 3.11. The summed E-state index contributed by atoms with van der Waals surface area (Å²) in [6.07, 6.45) is 77.2. The predicted octanol–water partition coefficient (Wildman–Crippen LogP) is 19.4. The third kappa shape index (κ3) is 51.7. The Bertz CT molecular complexity index is 1820. The van der Waals surface area contributed by atoms with E-state index in [4.69, 9.17) is 14.2 Å². The van der Waals surface area contributed by atoms with E-state index in [9.17, 15) is 35.1 Å². The molecule has 1 heterocycles.